The minimum absolute atomic E-state index is 0.317. The van der Waals surface area contributed by atoms with Crippen LogP contribution in [-0.2, 0) is 0 Å². The van der Waals surface area contributed by atoms with Gasteiger partial charge in [0, 0.05) is 0 Å². The van der Waals surface area contributed by atoms with Crippen molar-refractivity contribution >= 4 is 7.32 Å². The van der Waals surface area contributed by atoms with Gasteiger partial charge in [0.1, 0.15) is 7.32 Å². The molecule has 152 valence electrons. The molecule has 0 aliphatic carbocycles. The first kappa shape index (κ1) is 26.7. The van der Waals surface area contributed by atoms with Gasteiger partial charge in [-0.15, -0.1) is 26.3 Å². The monoisotopic (exact) mass is 392 g/mol. The van der Waals surface area contributed by atoms with Crippen LogP contribution in [0.25, 0.3) is 0 Å². The molecule has 1 aromatic carbocycles. The molecule has 0 heterocycles. The minimum atomic E-state index is -4.12. The Hall–Kier alpha value is -1.50. The molecule has 0 atom stereocenters. The number of rotatable bonds is 2. The predicted octanol–water partition coefficient (Wildman–Crippen LogP) is 1.20. The van der Waals surface area contributed by atoms with Gasteiger partial charge in [0.2, 0.25) is 0 Å². The first-order valence-electron chi connectivity index (χ1n) is 7.09. The predicted molar refractivity (Wildman–Crippen MR) is 81.0 cm³/mol. The number of nitrogens with zero attached hydrogens (tertiary/aromatic N) is 2. The van der Waals surface area contributed by atoms with Crippen LogP contribution in [-0.4, -0.2) is 71.2 Å². The number of alkyl halides is 6. The molecule has 0 aliphatic rings. The van der Waals surface area contributed by atoms with Crippen LogP contribution in [0.2, 0.25) is 0 Å². The molecular formula is C14H23BF6N2O3. The summed E-state index contributed by atoms with van der Waals surface area (Å²) in [6, 6.07) is 8.28. The van der Waals surface area contributed by atoms with Crippen molar-refractivity contribution in [2.75, 3.05) is 42.3 Å². The van der Waals surface area contributed by atoms with Crippen molar-refractivity contribution in [3.63, 3.8) is 0 Å². The second-order valence-electron chi connectivity index (χ2n) is 6.68. The Morgan fingerprint density at radius 3 is 1.19 bits per heavy atom. The van der Waals surface area contributed by atoms with Crippen molar-refractivity contribution in [2.24, 2.45) is 0 Å². The van der Waals surface area contributed by atoms with Crippen LogP contribution in [0.1, 0.15) is 0 Å². The summed E-state index contributed by atoms with van der Waals surface area (Å²) in [5.41, 5.74) is 0. The highest BCUT2D eigenvalue weighted by atomic mass is 19.4. The van der Waals surface area contributed by atoms with Gasteiger partial charge < -0.3 is 14.7 Å². The summed E-state index contributed by atoms with van der Waals surface area (Å²) in [4.78, 5) is 0. The van der Waals surface area contributed by atoms with E-state index in [9.17, 15) is 36.4 Å². The van der Waals surface area contributed by atoms with E-state index in [4.69, 9.17) is 0 Å². The van der Waals surface area contributed by atoms with Crippen LogP contribution in [0, 0.1) is 0 Å². The molecule has 1 rings (SSSR count). The third-order valence-corrected chi connectivity index (χ3v) is 2.50. The Morgan fingerprint density at radius 1 is 0.731 bits per heavy atom. The van der Waals surface area contributed by atoms with Crippen molar-refractivity contribution in [2.45, 2.75) is 12.6 Å². The molecule has 0 aromatic heterocycles. The highest BCUT2D eigenvalue weighted by Crippen LogP contribution is 2.23. The van der Waals surface area contributed by atoms with E-state index in [1.165, 1.54) is 0 Å². The van der Waals surface area contributed by atoms with E-state index < -0.39 is 28.9 Å². The lowest BCUT2D eigenvalue weighted by molar-refractivity contribution is -0.981. The maximum atomic E-state index is 11.5. The summed E-state index contributed by atoms with van der Waals surface area (Å²) in [6.07, 6.45) is -8.25. The van der Waals surface area contributed by atoms with Gasteiger partial charge in [0.05, 0.1) is 48.0 Å². The smallest absolute Gasteiger partial charge is 0.560 e. The quantitative estimate of drug-likeness (QED) is 0.329. The summed E-state index contributed by atoms with van der Waals surface area (Å²) in [5.74, 6) is 0.317. The van der Waals surface area contributed by atoms with Crippen molar-refractivity contribution < 1.29 is 50.0 Å². The van der Waals surface area contributed by atoms with Crippen LogP contribution in [0.3, 0.4) is 0 Å². The lowest BCUT2D eigenvalue weighted by atomic mass is 10.2. The fourth-order valence-electron chi connectivity index (χ4n) is 0.610. The Morgan fingerprint density at radius 2 is 1.00 bits per heavy atom. The molecule has 0 spiro atoms. The minimum Gasteiger partial charge on any atom is -0.860 e. The number of benzene rings is 1. The van der Waals surface area contributed by atoms with E-state index in [-0.39, 0.29) is 0 Å². The van der Waals surface area contributed by atoms with Gasteiger partial charge in [-0.3, -0.25) is 0 Å². The topological polar surface area (TPSA) is 55.3 Å². The van der Waals surface area contributed by atoms with Crippen LogP contribution in [0.15, 0.2) is 30.3 Å². The van der Waals surface area contributed by atoms with Gasteiger partial charge in [0.15, 0.2) is 0 Å². The first-order chi connectivity index (χ1) is 11.3. The molecule has 0 saturated heterocycles. The second kappa shape index (κ2) is 10.00. The Bertz CT molecular complexity index is 449. The molecular weight excluding hydrogens is 369 g/mol. The third kappa shape index (κ3) is 12.8. The Kier molecular flexibility index (Phi) is 10.3. The zero-order chi connectivity index (χ0) is 21.4. The second-order valence-corrected chi connectivity index (χ2v) is 6.68. The number of para-hydroxylation sites is 1. The maximum absolute atomic E-state index is 11.5. The lowest BCUT2D eigenvalue weighted by Crippen LogP contribution is -2.50. The zero-order valence-electron chi connectivity index (χ0n) is 15.4. The molecule has 12 heteroatoms. The van der Waals surface area contributed by atoms with Crippen LogP contribution >= 0.6 is 0 Å². The number of quaternary nitrogens is 2. The van der Waals surface area contributed by atoms with E-state index in [1.807, 2.05) is 0 Å². The normalized spacial score (nSPS) is 12.2. The Labute approximate surface area is 149 Å². The van der Waals surface area contributed by atoms with E-state index in [0.29, 0.717) is 5.75 Å². The van der Waals surface area contributed by atoms with Gasteiger partial charge in [0.25, 0.3) is 0 Å². The molecule has 0 fully saturated rings. The molecule has 26 heavy (non-hydrogen) atoms. The average molecular weight is 392 g/mol. The average Bonchev–Trinajstić information content (AvgIpc) is 2.35. The summed E-state index contributed by atoms with van der Waals surface area (Å²) in [5, 5.41) is 19.8. The molecule has 0 bridgehead atoms. The van der Waals surface area contributed by atoms with E-state index >= 15 is 0 Å². The standard InChI is InChI=1S/C6H5BO3.2C4H9F3N/c8-7(9)10-6-4-2-1-3-5-6;2*1-8(2,3)4(5,6)7/h1-5H;2*1-3H3/q-2;2*+1. The zero-order valence-corrected chi connectivity index (χ0v) is 15.4. The molecule has 0 unspecified atom stereocenters. The highest BCUT2D eigenvalue weighted by molar-refractivity contribution is 6.29. The van der Waals surface area contributed by atoms with E-state index in [2.05, 4.69) is 4.65 Å². The van der Waals surface area contributed by atoms with Crippen LogP contribution in [0.5, 0.6) is 5.75 Å². The van der Waals surface area contributed by atoms with Crippen molar-refractivity contribution in [1.29, 1.82) is 0 Å². The fourth-order valence-corrected chi connectivity index (χ4v) is 0.610. The van der Waals surface area contributed by atoms with Crippen LogP contribution < -0.4 is 14.7 Å². The van der Waals surface area contributed by atoms with E-state index in [0.717, 1.165) is 42.3 Å². The first-order valence-corrected chi connectivity index (χ1v) is 7.09. The summed E-state index contributed by atoms with van der Waals surface area (Å²) >= 11 is 0. The molecule has 0 saturated carbocycles. The Balaban J connectivity index is 0. The lowest BCUT2D eigenvalue weighted by Gasteiger charge is -2.26. The number of hydrogen-bond acceptors (Lipinski definition) is 3. The van der Waals surface area contributed by atoms with Crippen molar-refractivity contribution in [1.82, 2.24) is 0 Å². The molecule has 0 N–H and O–H groups in total. The molecule has 5 nitrogen and oxygen atoms in total. The summed E-state index contributed by atoms with van der Waals surface area (Å²) < 4.78 is 71.6. The fraction of sp³-hybridized carbons (Fsp3) is 0.571. The van der Waals surface area contributed by atoms with E-state index in [1.54, 1.807) is 30.3 Å². The summed E-state index contributed by atoms with van der Waals surface area (Å²) in [6.45, 7) is 0. The summed E-state index contributed by atoms with van der Waals surface area (Å²) in [7, 11) is 4.27. The molecule has 1 aromatic rings. The number of halogens is 6. The van der Waals surface area contributed by atoms with Gasteiger partial charge in [-0.2, -0.15) is 0 Å². The van der Waals surface area contributed by atoms with Crippen LogP contribution in [0.4, 0.5) is 26.3 Å². The molecule has 0 aliphatic heterocycles. The molecule has 0 amide bonds. The van der Waals surface area contributed by atoms with Gasteiger partial charge in [-0.05, 0) is 12.1 Å². The van der Waals surface area contributed by atoms with Crippen molar-refractivity contribution in [3.8, 4) is 5.75 Å². The SMILES string of the molecule is C[N+](C)(C)C(F)(F)F.C[N+](C)(C)C(F)(F)F.[O-]B([O-])Oc1ccccc1. The highest BCUT2D eigenvalue weighted by Gasteiger charge is 2.45. The largest absolute Gasteiger partial charge is 0.860 e. The maximum Gasteiger partial charge on any atom is 0.560 e. The van der Waals surface area contributed by atoms with Gasteiger partial charge in [-0.25, -0.2) is 8.97 Å². The molecule has 0 radical (unpaired) electrons. The third-order valence-electron chi connectivity index (χ3n) is 2.50. The number of hydrogen-bond donors (Lipinski definition) is 0. The van der Waals surface area contributed by atoms with Gasteiger partial charge in [-0.1, -0.05) is 18.2 Å². The van der Waals surface area contributed by atoms with Gasteiger partial charge >= 0.3 is 12.6 Å². The van der Waals surface area contributed by atoms with Crippen molar-refractivity contribution in [3.05, 3.63) is 30.3 Å².